The van der Waals surface area contributed by atoms with E-state index in [1.54, 1.807) is 11.9 Å². The molecule has 2 fully saturated rings. The maximum absolute atomic E-state index is 11.9. The van der Waals surface area contributed by atoms with Crippen molar-refractivity contribution in [1.29, 1.82) is 0 Å². The monoisotopic (exact) mass is 211 g/mol. The van der Waals surface area contributed by atoms with E-state index in [0.717, 1.165) is 0 Å². The molecule has 2 aliphatic carbocycles. The zero-order chi connectivity index (χ0) is 11.0. The minimum Gasteiger partial charge on any atom is -0.481 e. The predicted molar refractivity (Wildman–Crippen MR) is 54.2 cm³/mol. The highest BCUT2D eigenvalue weighted by atomic mass is 16.4. The fraction of sp³-hybridized carbons (Fsp3) is 0.818. The summed E-state index contributed by atoms with van der Waals surface area (Å²) in [5.74, 6) is 0.767. The Morgan fingerprint density at radius 2 is 1.93 bits per heavy atom. The Bertz CT molecular complexity index is 280. The predicted octanol–water partition coefficient (Wildman–Crippen LogP) is 0.966. The minimum atomic E-state index is -0.842. The number of fused-ring (bicyclic) bond motifs is 1. The van der Waals surface area contributed by atoms with Gasteiger partial charge in [-0.15, -0.1) is 0 Å². The number of carboxylic acids is 1. The van der Waals surface area contributed by atoms with Crippen LogP contribution < -0.4 is 0 Å². The second-order valence-electron chi connectivity index (χ2n) is 4.69. The smallest absolute Gasteiger partial charge is 0.305 e. The average Bonchev–Trinajstić information content (AvgIpc) is 2.66. The van der Waals surface area contributed by atoms with Gasteiger partial charge in [0.15, 0.2) is 0 Å². The Balaban J connectivity index is 1.79. The highest BCUT2D eigenvalue weighted by molar-refractivity contribution is 5.82. The molecule has 84 valence electrons. The first-order valence-corrected chi connectivity index (χ1v) is 5.58. The highest BCUT2D eigenvalue weighted by Crippen LogP contribution is 2.57. The summed E-state index contributed by atoms with van der Waals surface area (Å²) in [4.78, 5) is 23.8. The van der Waals surface area contributed by atoms with E-state index in [9.17, 15) is 9.59 Å². The third-order valence-corrected chi connectivity index (χ3v) is 3.73. The third kappa shape index (κ3) is 1.98. The maximum atomic E-state index is 11.9. The number of carbonyl (C=O) groups excluding carboxylic acids is 1. The van der Waals surface area contributed by atoms with Crippen LogP contribution in [0.25, 0.3) is 0 Å². The van der Waals surface area contributed by atoms with Crippen molar-refractivity contribution in [2.45, 2.75) is 25.7 Å². The van der Waals surface area contributed by atoms with E-state index in [2.05, 4.69) is 0 Å². The molecule has 1 amide bonds. The first-order valence-electron chi connectivity index (χ1n) is 5.58. The highest BCUT2D eigenvalue weighted by Gasteiger charge is 2.57. The molecule has 4 nitrogen and oxygen atoms in total. The lowest BCUT2D eigenvalue weighted by molar-refractivity contribution is -0.138. The van der Waals surface area contributed by atoms with Gasteiger partial charge in [-0.2, -0.15) is 0 Å². The largest absolute Gasteiger partial charge is 0.481 e. The summed E-state index contributed by atoms with van der Waals surface area (Å²) in [6.45, 7) is 0.337. The number of rotatable bonds is 4. The zero-order valence-corrected chi connectivity index (χ0v) is 8.98. The van der Waals surface area contributed by atoms with Crippen LogP contribution in [-0.2, 0) is 9.59 Å². The van der Waals surface area contributed by atoms with Crippen LogP contribution in [0.3, 0.4) is 0 Å². The van der Waals surface area contributed by atoms with Crippen LogP contribution in [0.2, 0.25) is 0 Å². The molecular formula is C11H17NO3. The van der Waals surface area contributed by atoms with Crippen molar-refractivity contribution in [3.05, 3.63) is 0 Å². The van der Waals surface area contributed by atoms with Crippen molar-refractivity contribution in [3.8, 4) is 0 Å². The van der Waals surface area contributed by atoms with Crippen LogP contribution in [-0.4, -0.2) is 35.5 Å². The van der Waals surface area contributed by atoms with Crippen molar-refractivity contribution in [2.75, 3.05) is 13.6 Å². The zero-order valence-electron chi connectivity index (χ0n) is 8.98. The summed E-state index contributed by atoms with van der Waals surface area (Å²) in [6.07, 6.45) is 3.68. The molecule has 2 unspecified atom stereocenters. The number of amides is 1. The van der Waals surface area contributed by atoms with E-state index in [1.807, 2.05) is 0 Å². The fourth-order valence-corrected chi connectivity index (χ4v) is 2.82. The SMILES string of the molecule is CN(CCC(=O)O)C(=O)C1C2CCCC21. The molecule has 2 atom stereocenters. The first-order chi connectivity index (χ1) is 7.11. The van der Waals surface area contributed by atoms with Gasteiger partial charge < -0.3 is 10.0 Å². The second-order valence-corrected chi connectivity index (χ2v) is 4.69. The van der Waals surface area contributed by atoms with Crippen LogP contribution in [0.1, 0.15) is 25.7 Å². The van der Waals surface area contributed by atoms with E-state index < -0.39 is 5.97 Å². The van der Waals surface area contributed by atoms with Gasteiger partial charge >= 0.3 is 5.97 Å². The van der Waals surface area contributed by atoms with Gasteiger partial charge in [0.05, 0.1) is 6.42 Å². The number of hydrogen-bond acceptors (Lipinski definition) is 2. The number of carboxylic acid groups (broad SMARTS) is 1. The summed E-state index contributed by atoms with van der Waals surface area (Å²) in [7, 11) is 1.71. The second kappa shape index (κ2) is 3.83. The molecule has 15 heavy (non-hydrogen) atoms. The van der Waals surface area contributed by atoms with Gasteiger partial charge in [0.1, 0.15) is 0 Å². The molecule has 0 bridgehead atoms. The molecule has 2 saturated carbocycles. The Hall–Kier alpha value is -1.06. The summed E-state index contributed by atoms with van der Waals surface area (Å²) >= 11 is 0. The fourth-order valence-electron chi connectivity index (χ4n) is 2.82. The van der Waals surface area contributed by atoms with Crippen molar-refractivity contribution >= 4 is 11.9 Å². The molecule has 0 aromatic heterocycles. The van der Waals surface area contributed by atoms with E-state index in [-0.39, 0.29) is 18.2 Å². The Morgan fingerprint density at radius 1 is 1.33 bits per heavy atom. The Kier molecular flexibility index (Phi) is 2.67. The lowest BCUT2D eigenvalue weighted by atomic mass is 10.1. The third-order valence-electron chi connectivity index (χ3n) is 3.73. The topological polar surface area (TPSA) is 57.6 Å². The van der Waals surface area contributed by atoms with Gasteiger partial charge in [0, 0.05) is 19.5 Å². The van der Waals surface area contributed by atoms with Crippen LogP contribution in [0.4, 0.5) is 0 Å². The first kappa shape index (κ1) is 10.5. The summed E-state index contributed by atoms with van der Waals surface area (Å²) in [6, 6.07) is 0. The summed E-state index contributed by atoms with van der Waals surface area (Å²) in [5, 5.41) is 8.52. The summed E-state index contributed by atoms with van der Waals surface area (Å²) in [5.41, 5.74) is 0. The van der Waals surface area contributed by atoms with Crippen molar-refractivity contribution in [3.63, 3.8) is 0 Å². The molecule has 0 aromatic carbocycles. The van der Waals surface area contributed by atoms with E-state index >= 15 is 0 Å². The molecule has 0 radical (unpaired) electrons. The van der Waals surface area contributed by atoms with Crippen molar-refractivity contribution in [1.82, 2.24) is 4.90 Å². The minimum absolute atomic E-state index is 0.0459. The van der Waals surface area contributed by atoms with Gasteiger partial charge in [-0.3, -0.25) is 9.59 Å². The maximum Gasteiger partial charge on any atom is 0.305 e. The van der Waals surface area contributed by atoms with Gasteiger partial charge in [-0.05, 0) is 24.7 Å². The molecule has 0 aromatic rings. The molecule has 0 saturated heterocycles. The molecule has 4 heteroatoms. The molecule has 2 rings (SSSR count). The normalized spacial score (nSPS) is 32.2. The van der Waals surface area contributed by atoms with Crippen LogP contribution >= 0.6 is 0 Å². The van der Waals surface area contributed by atoms with Gasteiger partial charge in [0.25, 0.3) is 0 Å². The van der Waals surface area contributed by atoms with E-state index in [4.69, 9.17) is 5.11 Å². The van der Waals surface area contributed by atoms with Gasteiger partial charge in [-0.1, -0.05) is 6.42 Å². The average molecular weight is 211 g/mol. The lowest BCUT2D eigenvalue weighted by Crippen LogP contribution is -2.31. The quantitative estimate of drug-likeness (QED) is 0.753. The van der Waals surface area contributed by atoms with Gasteiger partial charge in [-0.25, -0.2) is 0 Å². The molecule has 1 N–H and O–H groups in total. The van der Waals surface area contributed by atoms with Crippen molar-refractivity contribution < 1.29 is 14.7 Å². The standard InChI is InChI=1S/C11H17NO3/c1-12(6-5-9(13)14)11(15)10-7-3-2-4-8(7)10/h7-8,10H,2-6H2,1H3,(H,13,14). The molecular weight excluding hydrogens is 194 g/mol. The number of aliphatic carboxylic acids is 1. The van der Waals surface area contributed by atoms with Crippen molar-refractivity contribution in [2.24, 2.45) is 17.8 Å². The van der Waals surface area contributed by atoms with Gasteiger partial charge in [0.2, 0.25) is 5.91 Å². The molecule has 2 aliphatic rings. The number of nitrogens with zero attached hydrogens (tertiary/aromatic N) is 1. The molecule has 0 spiro atoms. The number of hydrogen-bond donors (Lipinski definition) is 1. The number of carbonyl (C=O) groups is 2. The van der Waals surface area contributed by atoms with Crippen LogP contribution in [0.5, 0.6) is 0 Å². The summed E-state index contributed by atoms with van der Waals surface area (Å²) < 4.78 is 0. The van der Waals surface area contributed by atoms with E-state index in [1.165, 1.54) is 19.3 Å². The lowest BCUT2D eigenvalue weighted by Gasteiger charge is -2.16. The van der Waals surface area contributed by atoms with Crippen LogP contribution in [0.15, 0.2) is 0 Å². The van der Waals surface area contributed by atoms with Crippen LogP contribution in [0, 0.1) is 17.8 Å². The molecule has 0 aliphatic heterocycles. The van der Waals surface area contributed by atoms with E-state index in [0.29, 0.717) is 18.4 Å². The molecule has 0 heterocycles. The Labute approximate surface area is 89.3 Å². The Morgan fingerprint density at radius 3 is 2.47 bits per heavy atom.